The Morgan fingerprint density at radius 3 is 2.50 bits per heavy atom. The average molecular weight is 327 g/mol. The van der Waals surface area contributed by atoms with Crippen LogP contribution in [0.1, 0.15) is 11.1 Å². The molecule has 0 saturated heterocycles. The highest BCUT2D eigenvalue weighted by Gasteiger charge is 2.12. The van der Waals surface area contributed by atoms with E-state index >= 15 is 0 Å². The summed E-state index contributed by atoms with van der Waals surface area (Å²) in [5.41, 5.74) is 4.29. The lowest BCUT2D eigenvalue weighted by Gasteiger charge is -2.04. The number of hydrogen-bond donors (Lipinski definition) is 3. The molecule has 7 heteroatoms. The maximum absolute atomic E-state index is 11.7. The van der Waals surface area contributed by atoms with Gasteiger partial charge >= 0.3 is 11.8 Å². The van der Waals surface area contributed by atoms with E-state index in [0.29, 0.717) is 11.3 Å². The van der Waals surface area contributed by atoms with Crippen LogP contribution in [0.5, 0.6) is 11.5 Å². The average Bonchev–Trinajstić information content (AvgIpc) is 2.58. The molecule has 0 unspecified atom stereocenters. The molecule has 0 saturated carbocycles. The van der Waals surface area contributed by atoms with Crippen LogP contribution in [0.2, 0.25) is 0 Å². The third-order valence-corrected chi connectivity index (χ3v) is 3.10. The van der Waals surface area contributed by atoms with Crippen LogP contribution in [-0.2, 0) is 9.59 Å². The van der Waals surface area contributed by atoms with Crippen LogP contribution >= 0.6 is 0 Å². The number of anilines is 1. The van der Waals surface area contributed by atoms with Crippen molar-refractivity contribution in [3.63, 3.8) is 0 Å². The normalized spacial score (nSPS) is 10.4. The number of rotatable bonds is 4. The molecule has 0 aliphatic rings. The first-order valence-corrected chi connectivity index (χ1v) is 7.07. The minimum atomic E-state index is -0.891. The van der Waals surface area contributed by atoms with Gasteiger partial charge in [0.15, 0.2) is 11.5 Å². The SMILES string of the molecule is COc1cc(/C=N/NC(=O)C(=O)Nc2ccc(C)cc2)ccc1O. The maximum Gasteiger partial charge on any atom is 0.329 e. The van der Waals surface area contributed by atoms with Gasteiger partial charge in [-0.05, 0) is 42.8 Å². The Morgan fingerprint density at radius 1 is 1.12 bits per heavy atom. The van der Waals surface area contributed by atoms with E-state index in [1.54, 1.807) is 18.2 Å². The number of aromatic hydroxyl groups is 1. The number of ether oxygens (including phenoxy) is 1. The lowest BCUT2D eigenvalue weighted by Crippen LogP contribution is -2.32. The van der Waals surface area contributed by atoms with Gasteiger partial charge < -0.3 is 15.2 Å². The number of amides is 2. The number of methoxy groups -OCH3 is 1. The van der Waals surface area contributed by atoms with E-state index in [1.807, 2.05) is 19.1 Å². The standard InChI is InChI=1S/C17H17N3O4/c1-11-3-6-13(7-4-11)19-16(22)17(23)20-18-10-12-5-8-14(21)15(9-12)24-2/h3-10,21H,1-2H3,(H,19,22)(H,20,23)/b18-10+. The van der Waals surface area contributed by atoms with Gasteiger partial charge in [-0.25, -0.2) is 5.43 Å². The molecule has 24 heavy (non-hydrogen) atoms. The summed E-state index contributed by atoms with van der Waals surface area (Å²) in [6.07, 6.45) is 1.33. The molecule has 2 aromatic carbocycles. The fourth-order valence-corrected chi connectivity index (χ4v) is 1.82. The predicted octanol–water partition coefficient (Wildman–Crippen LogP) is 1.80. The van der Waals surface area contributed by atoms with E-state index in [-0.39, 0.29) is 11.5 Å². The molecule has 0 aliphatic heterocycles. The molecule has 2 aromatic rings. The summed E-state index contributed by atoms with van der Waals surface area (Å²) >= 11 is 0. The molecule has 0 heterocycles. The Balaban J connectivity index is 1.92. The van der Waals surface area contributed by atoms with E-state index in [1.165, 1.54) is 25.5 Å². The van der Waals surface area contributed by atoms with E-state index in [0.717, 1.165) is 5.56 Å². The molecule has 0 bridgehead atoms. The highest BCUT2D eigenvalue weighted by atomic mass is 16.5. The van der Waals surface area contributed by atoms with Crippen molar-refractivity contribution in [3.8, 4) is 11.5 Å². The lowest BCUT2D eigenvalue weighted by atomic mass is 10.2. The number of phenolic OH excluding ortho intramolecular Hbond substituents is 1. The Kier molecular flexibility index (Phi) is 5.51. The van der Waals surface area contributed by atoms with Gasteiger partial charge in [-0.3, -0.25) is 9.59 Å². The fourth-order valence-electron chi connectivity index (χ4n) is 1.82. The molecule has 124 valence electrons. The molecular formula is C17H17N3O4. The number of aryl methyl sites for hydroxylation is 1. The molecule has 0 radical (unpaired) electrons. The van der Waals surface area contributed by atoms with Crippen molar-refractivity contribution in [2.24, 2.45) is 5.10 Å². The van der Waals surface area contributed by atoms with E-state index in [4.69, 9.17) is 4.74 Å². The number of carbonyl (C=O) groups excluding carboxylic acids is 2. The summed E-state index contributed by atoms with van der Waals surface area (Å²) < 4.78 is 4.96. The van der Waals surface area contributed by atoms with Crippen molar-refractivity contribution in [2.75, 3.05) is 12.4 Å². The van der Waals surface area contributed by atoms with Crippen molar-refractivity contribution < 1.29 is 19.4 Å². The van der Waals surface area contributed by atoms with Gasteiger partial charge in [-0.15, -0.1) is 0 Å². The Morgan fingerprint density at radius 2 is 1.83 bits per heavy atom. The van der Waals surface area contributed by atoms with Crippen molar-refractivity contribution in [2.45, 2.75) is 6.92 Å². The summed E-state index contributed by atoms with van der Waals surface area (Å²) in [6.45, 7) is 1.92. The predicted molar refractivity (Wildman–Crippen MR) is 90.2 cm³/mol. The number of phenols is 1. The first kappa shape index (κ1) is 17.0. The number of nitrogens with one attached hydrogen (secondary N) is 2. The van der Waals surface area contributed by atoms with Crippen LogP contribution in [0, 0.1) is 6.92 Å². The smallest absolute Gasteiger partial charge is 0.329 e. The van der Waals surface area contributed by atoms with Crippen molar-refractivity contribution in [3.05, 3.63) is 53.6 Å². The van der Waals surface area contributed by atoms with Gasteiger partial charge in [0.25, 0.3) is 0 Å². The van der Waals surface area contributed by atoms with Gasteiger partial charge in [0.2, 0.25) is 0 Å². The summed E-state index contributed by atoms with van der Waals surface area (Å²) in [7, 11) is 1.42. The summed E-state index contributed by atoms with van der Waals surface area (Å²) in [4.78, 5) is 23.4. The molecule has 0 spiro atoms. The van der Waals surface area contributed by atoms with Crippen molar-refractivity contribution in [1.82, 2.24) is 5.43 Å². The third kappa shape index (κ3) is 4.57. The molecule has 0 atom stereocenters. The second-order valence-corrected chi connectivity index (χ2v) is 4.95. The zero-order valence-corrected chi connectivity index (χ0v) is 13.2. The van der Waals surface area contributed by atoms with Crippen LogP contribution in [0.15, 0.2) is 47.6 Å². The first-order chi connectivity index (χ1) is 11.5. The van der Waals surface area contributed by atoms with Crippen LogP contribution in [-0.4, -0.2) is 30.2 Å². The highest BCUT2D eigenvalue weighted by molar-refractivity contribution is 6.39. The maximum atomic E-state index is 11.7. The Bertz CT molecular complexity index is 770. The van der Waals surface area contributed by atoms with Crippen molar-refractivity contribution >= 4 is 23.7 Å². The fraction of sp³-hybridized carbons (Fsp3) is 0.118. The molecule has 2 amide bonds. The lowest BCUT2D eigenvalue weighted by molar-refractivity contribution is -0.136. The molecule has 0 aromatic heterocycles. The van der Waals surface area contributed by atoms with E-state index in [9.17, 15) is 14.7 Å². The molecule has 2 rings (SSSR count). The van der Waals surface area contributed by atoms with Gasteiger partial charge in [0, 0.05) is 5.69 Å². The number of hydrazone groups is 1. The molecule has 0 aliphatic carbocycles. The Hall–Kier alpha value is -3.35. The monoisotopic (exact) mass is 327 g/mol. The van der Waals surface area contributed by atoms with Crippen LogP contribution < -0.4 is 15.5 Å². The van der Waals surface area contributed by atoms with E-state index < -0.39 is 11.8 Å². The Labute approximate surface area is 139 Å². The second-order valence-electron chi connectivity index (χ2n) is 4.95. The van der Waals surface area contributed by atoms with Gasteiger partial charge in [0.1, 0.15) is 0 Å². The topological polar surface area (TPSA) is 100 Å². The number of hydrogen-bond acceptors (Lipinski definition) is 5. The molecule has 0 fully saturated rings. The summed E-state index contributed by atoms with van der Waals surface area (Å²) in [5.74, 6) is -1.43. The number of carbonyl (C=O) groups is 2. The quantitative estimate of drug-likeness (QED) is 0.453. The minimum Gasteiger partial charge on any atom is -0.504 e. The summed E-state index contributed by atoms with van der Waals surface area (Å²) in [6, 6.07) is 11.6. The van der Waals surface area contributed by atoms with Gasteiger partial charge in [0.05, 0.1) is 13.3 Å². The van der Waals surface area contributed by atoms with Crippen LogP contribution in [0.3, 0.4) is 0 Å². The minimum absolute atomic E-state index is 0.00355. The number of nitrogens with zero attached hydrogens (tertiary/aromatic N) is 1. The van der Waals surface area contributed by atoms with Crippen molar-refractivity contribution in [1.29, 1.82) is 0 Å². The molecule has 7 nitrogen and oxygen atoms in total. The third-order valence-electron chi connectivity index (χ3n) is 3.10. The zero-order valence-electron chi connectivity index (χ0n) is 13.2. The molecule has 3 N–H and O–H groups in total. The van der Waals surface area contributed by atoms with Gasteiger partial charge in [-0.1, -0.05) is 17.7 Å². The van der Waals surface area contributed by atoms with Crippen LogP contribution in [0.25, 0.3) is 0 Å². The summed E-state index contributed by atoms with van der Waals surface area (Å²) in [5, 5.41) is 15.7. The van der Waals surface area contributed by atoms with Gasteiger partial charge in [-0.2, -0.15) is 5.10 Å². The number of benzene rings is 2. The zero-order chi connectivity index (χ0) is 17.5. The van der Waals surface area contributed by atoms with Crippen LogP contribution in [0.4, 0.5) is 5.69 Å². The molecular weight excluding hydrogens is 310 g/mol. The second kappa shape index (κ2) is 7.77. The largest absolute Gasteiger partial charge is 0.504 e. The first-order valence-electron chi connectivity index (χ1n) is 7.07. The highest BCUT2D eigenvalue weighted by Crippen LogP contribution is 2.25. The van der Waals surface area contributed by atoms with E-state index in [2.05, 4.69) is 15.8 Å².